The third kappa shape index (κ3) is 2.43. The van der Waals surface area contributed by atoms with Crippen LogP contribution in [0.5, 0.6) is 0 Å². The van der Waals surface area contributed by atoms with E-state index in [2.05, 4.69) is 22.6 Å². The van der Waals surface area contributed by atoms with Crippen LogP contribution in [0.1, 0.15) is 19.4 Å². The van der Waals surface area contributed by atoms with Gasteiger partial charge in [0.1, 0.15) is 5.67 Å². The largest absolute Gasteiger partial charge is 0.239 e. The standard InChI is InChI=1S/C9H10FI/c1-9(2,10)7-3-5-8(11)6-4-7/h3-6H,1-2H3. The molecule has 0 radical (unpaired) electrons. The smallest absolute Gasteiger partial charge is 0.130 e. The molecule has 2 heteroatoms. The zero-order chi connectivity index (χ0) is 8.48. The van der Waals surface area contributed by atoms with Crippen molar-refractivity contribution >= 4 is 22.6 Å². The molecule has 1 rings (SSSR count). The van der Waals surface area contributed by atoms with Crippen LogP contribution in [-0.4, -0.2) is 0 Å². The minimum atomic E-state index is -1.22. The highest BCUT2D eigenvalue weighted by Crippen LogP contribution is 2.24. The van der Waals surface area contributed by atoms with Crippen molar-refractivity contribution in [3.8, 4) is 0 Å². The average Bonchev–Trinajstić information content (AvgIpc) is 1.86. The summed E-state index contributed by atoms with van der Waals surface area (Å²) in [5, 5.41) is 0. The molecule has 0 fully saturated rings. The topological polar surface area (TPSA) is 0 Å². The van der Waals surface area contributed by atoms with Crippen LogP contribution in [0.2, 0.25) is 0 Å². The Morgan fingerprint density at radius 1 is 1.18 bits per heavy atom. The summed E-state index contributed by atoms with van der Waals surface area (Å²) in [7, 11) is 0. The fourth-order valence-electron chi connectivity index (χ4n) is 0.846. The van der Waals surface area contributed by atoms with Gasteiger partial charge in [-0.1, -0.05) is 12.1 Å². The van der Waals surface area contributed by atoms with Gasteiger partial charge in [-0.15, -0.1) is 0 Å². The maximum atomic E-state index is 13.3. The molecule has 1 aromatic carbocycles. The Bertz CT molecular complexity index is 233. The number of halogens is 2. The monoisotopic (exact) mass is 264 g/mol. The summed E-state index contributed by atoms with van der Waals surface area (Å²) in [5.74, 6) is 0. The molecular formula is C9H10FI. The van der Waals surface area contributed by atoms with Crippen LogP contribution in [0, 0.1) is 3.57 Å². The molecule has 0 saturated heterocycles. The van der Waals surface area contributed by atoms with Crippen LogP contribution in [-0.2, 0) is 5.67 Å². The SMILES string of the molecule is CC(C)(F)c1ccc(I)cc1. The van der Waals surface area contributed by atoms with Crippen molar-refractivity contribution in [3.05, 3.63) is 33.4 Å². The highest BCUT2D eigenvalue weighted by atomic mass is 127. The molecule has 0 spiro atoms. The molecule has 0 bridgehead atoms. The van der Waals surface area contributed by atoms with Crippen molar-refractivity contribution < 1.29 is 4.39 Å². The Balaban J connectivity index is 2.99. The Morgan fingerprint density at radius 2 is 1.64 bits per heavy atom. The lowest BCUT2D eigenvalue weighted by Gasteiger charge is -2.13. The molecule has 0 nitrogen and oxygen atoms in total. The maximum absolute atomic E-state index is 13.3. The molecular weight excluding hydrogens is 254 g/mol. The Labute approximate surface area is 80.0 Å². The molecule has 0 unspecified atom stereocenters. The molecule has 0 saturated carbocycles. The third-order valence-corrected chi connectivity index (χ3v) is 2.25. The Kier molecular flexibility index (Phi) is 2.52. The van der Waals surface area contributed by atoms with Crippen LogP contribution in [0.15, 0.2) is 24.3 Å². The van der Waals surface area contributed by atoms with Gasteiger partial charge in [-0.05, 0) is 54.1 Å². The van der Waals surface area contributed by atoms with Crippen LogP contribution in [0.4, 0.5) is 4.39 Å². The molecule has 0 aliphatic heterocycles. The van der Waals surface area contributed by atoms with Crippen LogP contribution in [0.3, 0.4) is 0 Å². The summed E-state index contributed by atoms with van der Waals surface area (Å²) >= 11 is 2.20. The minimum Gasteiger partial charge on any atom is -0.239 e. The summed E-state index contributed by atoms with van der Waals surface area (Å²) in [4.78, 5) is 0. The van der Waals surface area contributed by atoms with Crippen molar-refractivity contribution in [2.24, 2.45) is 0 Å². The van der Waals surface area contributed by atoms with Gasteiger partial charge < -0.3 is 0 Å². The summed E-state index contributed by atoms with van der Waals surface area (Å²) in [6.45, 7) is 3.13. The second-order valence-electron chi connectivity index (χ2n) is 2.98. The third-order valence-electron chi connectivity index (χ3n) is 1.53. The summed E-state index contributed by atoms with van der Waals surface area (Å²) in [6, 6.07) is 7.47. The number of hydrogen-bond acceptors (Lipinski definition) is 0. The highest BCUT2D eigenvalue weighted by Gasteiger charge is 2.17. The van der Waals surface area contributed by atoms with E-state index in [9.17, 15) is 4.39 Å². The average molecular weight is 264 g/mol. The van der Waals surface area contributed by atoms with Crippen molar-refractivity contribution in [3.63, 3.8) is 0 Å². The summed E-state index contributed by atoms with van der Waals surface area (Å²) in [6.07, 6.45) is 0. The van der Waals surface area contributed by atoms with Gasteiger partial charge in [0.05, 0.1) is 0 Å². The van der Waals surface area contributed by atoms with E-state index in [4.69, 9.17) is 0 Å². The highest BCUT2D eigenvalue weighted by molar-refractivity contribution is 14.1. The maximum Gasteiger partial charge on any atom is 0.130 e. The molecule has 0 heterocycles. The van der Waals surface area contributed by atoms with Crippen molar-refractivity contribution in [1.29, 1.82) is 0 Å². The van der Waals surface area contributed by atoms with Gasteiger partial charge in [0.2, 0.25) is 0 Å². The molecule has 0 atom stereocenters. The van der Waals surface area contributed by atoms with Gasteiger partial charge in [-0.3, -0.25) is 0 Å². The van der Waals surface area contributed by atoms with E-state index in [0.29, 0.717) is 0 Å². The molecule has 60 valence electrons. The van der Waals surface area contributed by atoms with E-state index >= 15 is 0 Å². The van der Waals surface area contributed by atoms with Gasteiger partial charge in [0.25, 0.3) is 0 Å². The number of alkyl halides is 1. The second-order valence-corrected chi connectivity index (χ2v) is 4.22. The molecule has 0 amide bonds. The Morgan fingerprint density at radius 3 is 2.00 bits per heavy atom. The van der Waals surface area contributed by atoms with Crippen LogP contribution in [0.25, 0.3) is 0 Å². The molecule has 0 N–H and O–H groups in total. The van der Waals surface area contributed by atoms with E-state index in [1.807, 2.05) is 24.3 Å². The fourth-order valence-corrected chi connectivity index (χ4v) is 1.21. The minimum absolute atomic E-state index is 0.734. The van der Waals surface area contributed by atoms with E-state index < -0.39 is 5.67 Å². The lowest BCUT2D eigenvalue weighted by molar-refractivity contribution is 0.221. The molecule has 11 heavy (non-hydrogen) atoms. The fraction of sp³-hybridized carbons (Fsp3) is 0.333. The van der Waals surface area contributed by atoms with Crippen molar-refractivity contribution in [2.45, 2.75) is 19.5 Å². The van der Waals surface area contributed by atoms with Gasteiger partial charge in [0, 0.05) is 3.57 Å². The van der Waals surface area contributed by atoms with Gasteiger partial charge in [-0.2, -0.15) is 0 Å². The van der Waals surface area contributed by atoms with E-state index in [1.54, 1.807) is 13.8 Å². The first kappa shape index (κ1) is 8.97. The van der Waals surface area contributed by atoms with Gasteiger partial charge in [-0.25, -0.2) is 4.39 Å². The lowest BCUT2D eigenvalue weighted by Crippen LogP contribution is -2.08. The molecule has 0 aliphatic carbocycles. The molecule has 0 aliphatic rings. The molecule has 0 aromatic heterocycles. The summed E-state index contributed by atoms with van der Waals surface area (Å²) < 4.78 is 14.4. The zero-order valence-corrected chi connectivity index (χ0v) is 8.72. The zero-order valence-electron chi connectivity index (χ0n) is 6.57. The van der Waals surface area contributed by atoms with Gasteiger partial charge >= 0.3 is 0 Å². The normalized spacial score (nSPS) is 11.6. The number of hydrogen-bond donors (Lipinski definition) is 0. The second kappa shape index (κ2) is 3.09. The molecule has 1 aromatic rings. The van der Waals surface area contributed by atoms with Gasteiger partial charge in [0.15, 0.2) is 0 Å². The van der Waals surface area contributed by atoms with E-state index in [0.717, 1.165) is 9.13 Å². The first-order valence-electron chi connectivity index (χ1n) is 3.45. The van der Waals surface area contributed by atoms with E-state index in [1.165, 1.54) is 0 Å². The first-order chi connectivity index (χ1) is 5.00. The predicted molar refractivity (Wildman–Crippen MR) is 53.3 cm³/mol. The first-order valence-corrected chi connectivity index (χ1v) is 4.53. The van der Waals surface area contributed by atoms with Crippen molar-refractivity contribution in [2.75, 3.05) is 0 Å². The number of rotatable bonds is 1. The van der Waals surface area contributed by atoms with Crippen LogP contribution >= 0.6 is 22.6 Å². The lowest BCUT2D eigenvalue weighted by atomic mass is 10.0. The number of benzene rings is 1. The summed E-state index contributed by atoms with van der Waals surface area (Å²) in [5.41, 5.74) is -0.484. The van der Waals surface area contributed by atoms with Crippen LogP contribution < -0.4 is 0 Å². The quantitative estimate of drug-likeness (QED) is 0.681. The van der Waals surface area contributed by atoms with Crippen molar-refractivity contribution in [1.82, 2.24) is 0 Å². The van der Waals surface area contributed by atoms with E-state index in [-0.39, 0.29) is 0 Å². The predicted octanol–water partition coefficient (Wildman–Crippen LogP) is 3.50. The Hall–Kier alpha value is -0.120.